The van der Waals surface area contributed by atoms with Crippen molar-refractivity contribution in [3.63, 3.8) is 0 Å². The van der Waals surface area contributed by atoms with E-state index in [0.717, 1.165) is 12.1 Å². The third-order valence-electron chi connectivity index (χ3n) is 3.80. The Balaban J connectivity index is 1.63. The molecule has 6 nitrogen and oxygen atoms in total. The van der Waals surface area contributed by atoms with Gasteiger partial charge in [0.25, 0.3) is 15.9 Å². The lowest BCUT2D eigenvalue weighted by Crippen LogP contribution is -2.20. The molecule has 0 aliphatic rings. The molecule has 1 amide bonds. The summed E-state index contributed by atoms with van der Waals surface area (Å²) < 4.78 is 58.4. The quantitative estimate of drug-likeness (QED) is 0.555. The summed E-state index contributed by atoms with van der Waals surface area (Å²) >= 11 is 6.08. The van der Waals surface area contributed by atoms with E-state index >= 15 is 0 Å². The van der Waals surface area contributed by atoms with Crippen molar-refractivity contribution < 1.29 is 26.7 Å². The highest BCUT2D eigenvalue weighted by molar-refractivity contribution is 7.92. The lowest BCUT2D eigenvalue weighted by molar-refractivity contribution is -0.118. The Morgan fingerprint density at radius 3 is 2.03 bits per heavy atom. The third kappa shape index (κ3) is 5.68. The van der Waals surface area contributed by atoms with E-state index in [1.807, 2.05) is 0 Å². The molecular formula is C20H15ClF2N2O4S. The maximum atomic E-state index is 13.0. The SMILES string of the molecule is O=C(COc1ccc(S(=O)(=O)Nc2ccc(F)cc2)cc1Cl)Nc1ccc(F)cc1. The molecule has 0 atom stereocenters. The Kier molecular flexibility index (Phi) is 6.53. The van der Waals surface area contributed by atoms with E-state index in [-0.39, 0.29) is 21.4 Å². The Hall–Kier alpha value is -3.17. The van der Waals surface area contributed by atoms with Crippen molar-refractivity contribution in [2.45, 2.75) is 4.90 Å². The fourth-order valence-electron chi connectivity index (χ4n) is 2.37. The normalized spacial score (nSPS) is 11.0. The van der Waals surface area contributed by atoms with Crippen LogP contribution in [0.25, 0.3) is 0 Å². The number of sulfonamides is 1. The van der Waals surface area contributed by atoms with Crippen molar-refractivity contribution in [3.8, 4) is 5.75 Å². The zero-order chi connectivity index (χ0) is 21.7. The van der Waals surface area contributed by atoms with Gasteiger partial charge in [0.1, 0.15) is 17.4 Å². The van der Waals surface area contributed by atoms with Crippen LogP contribution in [0.5, 0.6) is 5.75 Å². The Morgan fingerprint density at radius 1 is 0.900 bits per heavy atom. The van der Waals surface area contributed by atoms with E-state index in [2.05, 4.69) is 10.0 Å². The standard InChI is InChI=1S/C20H15ClF2N2O4S/c21-18-11-17(30(27,28)25-16-7-3-14(23)4-8-16)9-10-19(18)29-12-20(26)24-15-5-1-13(22)2-6-15/h1-11,25H,12H2,(H,24,26). The molecule has 0 aliphatic heterocycles. The van der Waals surface area contributed by atoms with E-state index in [1.54, 1.807) is 0 Å². The van der Waals surface area contributed by atoms with Crippen LogP contribution in [0.15, 0.2) is 71.6 Å². The minimum absolute atomic E-state index is 0.0217. The van der Waals surface area contributed by atoms with E-state index < -0.39 is 34.2 Å². The average Bonchev–Trinajstić information content (AvgIpc) is 2.70. The highest BCUT2D eigenvalue weighted by atomic mass is 35.5. The largest absolute Gasteiger partial charge is 0.482 e. The summed E-state index contributed by atoms with van der Waals surface area (Å²) in [5, 5.41) is 2.50. The molecule has 156 valence electrons. The molecule has 0 aliphatic carbocycles. The van der Waals surface area contributed by atoms with Gasteiger partial charge >= 0.3 is 0 Å². The first-order valence-electron chi connectivity index (χ1n) is 8.49. The summed E-state index contributed by atoms with van der Waals surface area (Å²) in [4.78, 5) is 11.8. The molecule has 2 N–H and O–H groups in total. The number of hydrogen-bond donors (Lipinski definition) is 2. The number of hydrogen-bond acceptors (Lipinski definition) is 4. The number of carbonyl (C=O) groups excluding carboxylic acids is 1. The molecule has 0 heterocycles. The lowest BCUT2D eigenvalue weighted by Gasteiger charge is -2.11. The van der Waals surface area contributed by atoms with Gasteiger partial charge in [0.05, 0.1) is 9.92 Å². The molecule has 10 heteroatoms. The molecule has 0 fully saturated rings. The summed E-state index contributed by atoms with van der Waals surface area (Å²) in [5.74, 6) is -1.33. The smallest absolute Gasteiger partial charge is 0.262 e. The summed E-state index contributed by atoms with van der Waals surface area (Å²) in [5.41, 5.74) is 0.578. The summed E-state index contributed by atoms with van der Waals surface area (Å²) in [7, 11) is -3.96. The number of benzene rings is 3. The zero-order valence-electron chi connectivity index (χ0n) is 15.2. The highest BCUT2D eigenvalue weighted by Gasteiger charge is 2.17. The zero-order valence-corrected chi connectivity index (χ0v) is 16.8. The summed E-state index contributed by atoms with van der Waals surface area (Å²) in [6.45, 7) is -0.392. The van der Waals surface area contributed by atoms with Gasteiger partial charge in [-0.1, -0.05) is 11.6 Å². The van der Waals surface area contributed by atoms with Crippen molar-refractivity contribution in [1.82, 2.24) is 0 Å². The van der Waals surface area contributed by atoms with Crippen LogP contribution in [-0.4, -0.2) is 20.9 Å². The van der Waals surface area contributed by atoms with Crippen LogP contribution in [0.2, 0.25) is 5.02 Å². The topological polar surface area (TPSA) is 84.5 Å². The molecule has 0 radical (unpaired) electrons. The molecule has 3 aromatic carbocycles. The van der Waals surface area contributed by atoms with Crippen molar-refractivity contribution >= 4 is 38.9 Å². The molecule has 0 saturated heterocycles. The van der Waals surface area contributed by atoms with Crippen LogP contribution >= 0.6 is 11.6 Å². The van der Waals surface area contributed by atoms with Gasteiger partial charge in [-0.3, -0.25) is 9.52 Å². The van der Waals surface area contributed by atoms with Gasteiger partial charge in [0.2, 0.25) is 0 Å². The number of carbonyl (C=O) groups is 1. The van der Waals surface area contributed by atoms with E-state index in [9.17, 15) is 22.0 Å². The molecule has 0 unspecified atom stereocenters. The predicted molar refractivity (Wildman–Crippen MR) is 109 cm³/mol. The van der Waals surface area contributed by atoms with Crippen molar-refractivity contribution in [1.29, 1.82) is 0 Å². The first-order valence-corrected chi connectivity index (χ1v) is 10.4. The van der Waals surface area contributed by atoms with Gasteiger partial charge in [-0.15, -0.1) is 0 Å². The van der Waals surface area contributed by atoms with E-state index in [4.69, 9.17) is 16.3 Å². The van der Waals surface area contributed by atoms with Crippen molar-refractivity contribution in [3.05, 3.63) is 83.4 Å². The number of nitrogens with one attached hydrogen (secondary N) is 2. The van der Waals surface area contributed by atoms with E-state index in [0.29, 0.717) is 5.69 Å². The second-order valence-electron chi connectivity index (χ2n) is 6.05. The van der Waals surface area contributed by atoms with Crippen LogP contribution in [0, 0.1) is 11.6 Å². The van der Waals surface area contributed by atoms with Crippen LogP contribution < -0.4 is 14.8 Å². The number of amides is 1. The van der Waals surface area contributed by atoms with Gasteiger partial charge < -0.3 is 10.1 Å². The highest BCUT2D eigenvalue weighted by Crippen LogP contribution is 2.28. The van der Waals surface area contributed by atoms with Crippen LogP contribution in [0.4, 0.5) is 20.2 Å². The number of halogens is 3. The third-order valence-corrected chi connectivity index (χ3v) is 5.47. The molecule has 3 rings (SSSR count). The first kappa shape index (κ1) is 21.5. The Morgan fingerprint density at radius 2 is 1.47 bits per heavy atom. The second-order valence-corrected chi connectivity index (χ2v) is 8.14. The summed E-state index contributed by atoms with van der Waals surface area (Å²) in [6, 6.07) is 13.7. The van der Waals surface area contributed by atoms with Gasteiger partial charge in [0, 0.05) is 11.4 Å². The monoisotopic (exact) mass is 452 g/mol. The van der Waals surface area contributed by atoms with Crippen LogP contribution in [0.1, 0.15) is 0 Å². The van der Waals surface area contributed by atoms with Gasteiger partial charge in [-0.2, -0.15) is 0 Å². The molecule has 0 bridgehead atoms. The minimum atomic E-state index is -3.96. The molecule has 0 saturated carbocycles. The first-order chi connectivity index (χ1) is 14.2. The van der Waals surface area contributed by atoms with Gasteiger partial charge in [-0.05, 0) is 66.7 Å². The Labute approximate surface area is 176 Å². The van der Waals surface area contributed by atoms with Crippen LogP contribution in [0.3, 0.4) is 0 Å². The molecule has 0 aromatic heterocycles. The van der Waals surface area contributed by atoms with Crippen molar-refractivity contribution in [2.24, 2.45) is 0 Å². The average molecular weight is 453 g/mol. The number of anilines is 2. The van der Waals surface area contributed by atoms with Gasteiger partial charge in [-0.25, -0.2) is 17.2 Å². The molecule has 0 spiro atoms. The fourth-order valence-corrected chi connectivity index (χ4v) is 3.76. The minimum Gasteiger partial charge on any atom is -0.482 e. The second kappa shape index (κ2) is 9.10. The van der Waals surface area contributed by atoms with E-state index in [1.165, 1.54) is 54.6 Å². The number of rotatable bonds is 7. The van der Waals surface area contributed by atoms with Crippen LogP contribution in [-0.2, 0) is 14.8 Å². The lowest BCUT2D eigenvalue weighted by atomic mass is 10.3. The number of ether oxygens (including phenoxy) is 1. The molecule has 30 heavy (non-hydrogen) atoms. The van der Waals surface area contributed by atoms with Crippen molar-refractivity contribution in [2.75, 3.05) is 16.6 Å². The Bertz CT molecular complexity index is 1150. The molecular weight excluding hydrogens is 438 g/mol. The predicted octanol–water partition coefficient (Wildman–Crippen LogP) is 4.44. The maximum Gasteiger partial charge on any atom is 0.262 e. The van der Waals surface area contributed by atoms with Gasteiger partial charge in [0.15, 0.2) is 6.61 Å². The maximum absolute atomic E-state index is 13.0. The fraction of sp³-hybridized carbons (Fsp3) is 0.0500. The summed E-state index contributed by atoms with van der Waals surface area (Å²) in [6.07, 6.45) is 0. The molecule has 3 aromatic rings.